The van der Waals surface area contributed by atoms with Crippen molar-refractivity contribution in [2.45, 2.75) is 31.1 Å². The molecule has 0 amide bonds. The molecule has 1 saturated heterocycles. The standard InChI is InChI=1S/C10H15ClN2O2S2.ClH/c11-10-13-5-9(16-10)7-17(14,15)6-8-3-1-2-4-12-8;/h5,8,12H,1-4,6-7H2;1H. The van der Waals surface area contributed by atoms with Gasteiger partial charge in [-0.1, -0.05) is 18.0 Å². The Morgan fingerprint density at radius 2 is 2.28 bits per heavy atom. The molecule has 0 bridgehead atoms. The molecule has 0 spiro atoms. The normalized spacial score (nSPS) is 20.4. The first-order valence-electron chi connectivity index (χ1n) is 5.59. The molecule has 1 atom stereocenters. The van der Waals surface area contributed by atoms with Gasteiger partial charge in [-0.05, 0) is 19.4 Å². The number of nitrogens with one attached hydrogen (secondary N) is 1. The number of thiazole rings is 1. The van der Waals surface area contributed by atoms with Gasteiger partial charge in [0, 0.05) is 17.1 Å². The van der Waals surface area contributed by atoms with Crippen molar-refractivity contribution < 1.29 is 8.42 Å². The van der Waals surface area contributed by atoms with E-state index in [4.69, 9.17) is 11.6 Å². The molecule has 0 radical (unpaired) electrons. The Morgan fingerprint density at radius 3 is 2.83 bits per heavy atom. The Kier molecular flexibility index (Phi) is 6.34. The van der Waals surface area contributed by atoms with Gasteiger partial charge < -0.3 is 5.32 Å². The van der Waals surface area contributed by atoms with Crippen LogP contribution in [0.5, 0.6) is 0 Å². The largest absolute Gasteiger partial charge is 0.313 e. The van der Waals surface area contributed by atoms with Crippen molar-refractivity contribution in [2.24, 2.45) is 0 Å². The third-order valence-electron chi connectivity index (χ3n) is 2.76. The highest BCUT2D eigenvalue weighted by molar-refractivity contribution is 7.90. The predicted molar refractivity (Wildman–Crippen MR) is 77.5 cm³/mol. The summed E-state index contributed by atoms with van der Waals surface area (Å²) in [7, 11) is -3.07. The van der Waals surface area contributed by atoms with Gasteiger partial charge in [0.05, 0.1) is 11.5 Å². The Bertz CT molecular complexity index is 470. The van der Waals surface area contributed by atoms with Crippen LogP contribution in [0.1, 0.15) is 24.1 Å². The quantitative estimate of drug-likeness (QED) is 0.920. The van der Waals surface area contributed by atoms with E-state index in [-0.39, 0.29) is 30.0 Å². The van der Waals surface area contributed by atoms with Gasteiger partial charge in [0.2, 0.25) is 0 Å². The topological polar surface area (TPSA) is 59.1 Å². The van der Waals surface area contributed by atoms with Crippen molar-refractivity contribution >= 4 is 45.2 Å². The summed E-state index contributed by atoms with van der Waals surface area (Å²) in [6.45, 7) is 0.923. The van der Waals surface area contributed by atoms with Crippen molar-refractivity contribution in [2.75, 3.05) is 12.3 Å². The average Bonchev–Trinajstić information content (AvgIpc) is 2.63. The summed E-state index contributed by atoms with van der Waals surface area (Å²) in [5.41, 5.74) is 0. The lowest BCUT2D eigenvalue weighted by atomic mass is 10.1. The molecule has 1 aromatic heterocycles. The predicted octanol–water partition coefficient (Wildman–Crippen LogP) is 2.28. The second-order valence-electron chi connectivity index (χ2n) is 4.28. The SMILES string of the molecule is Cl.O=S(=O)(Cc1cnc(Cl)s1)CC1CCCCN1. The van der Waals surface area contributed by atoms with E-state index in [1.54, 1.807) is 6.20 Å². The molecule has 2 heterocycles. The third-order valence-corrected chi connectivity index (χ3v) is 5.71. The Morgan fingerprint density at radius 1 is 1.50 bits per heavy atom. The number of piperidine rings is 1. The number of halogens is 2. The third kappa shape index (κ3) is 5.01. The molecule has 1 N–H and O–H groups in total. The molecule has 1 aliphatic rings. The molecule has 0 aliphatic carbocycles. The van der Waals surface area contributed by atoms with Crippen LogP contribution >= 0.6 is 35.3 Å². The van der Waals surface area contributed by atoms with Gasteiger partial charge in [0.15, 0.2) is 14.3 Å². The van der Waals surface area contributed by atoms with E-state index in [2.05, 4.69) is 10.3 Å². The lowest BCUT2D eigenvalue weighted by Crippen LogP contribution is -2.39. The molecule has 104 valence electrons. The molecule has 1 unspecified atom stereocenters. The highest BCUT2D eigenvalue weighted by Crippen LogP contribution is 2.21. The average molecular weight is 331 g/mol. The monoisotopic (exact) mass is 330 g/mol. The van der Waals surface area contributed by atoms with Gasteiger partial charge in [-0.25, -0.2) is 13.4 Å². The van der Waals surface area contributed by atoms with E-state index >= 15 is 0 Å². The van der Waals surface area contributed by atoms with Crippen molar-refractivity contribution in [1.82, 2.24) is 10.3 Å². The number of nitrogens with zero attached hydrogens (tertiary/aromatic N) is 1. The van der Waals surface area contributed by atoms with Gasteiger partial charge in [0.25, 0.3) is 0 Å². The zero-order valence-electron chi connectivity index (χ0n) is 9.76. The fourth-order valence-electron chi connectivity index (χ4n) is 2.00. The van der Waals surface area contributed by atoms with Crippen LogP contribution in [-0.2, 0) is 15.6 Å². The molecule has 2 rings (SSSR count). The van der Waals surface area contributed by atoms with Gasteiger partial charge in [-0.3, -0.25) is 0 Å². The molecular formula is C10H16Cl2N2O2S2. The first-order chi connectivity index (χ1) is 8.05. The zero-order valence-corrected chi connectivity index (χ0v) is 13.0. The molecule has 1 aliphatic heterocycles. The van der Waals surface area contributed by atoms with E-state index in [0.29, 0.717) is 9.34 Å². The van der Waals surface area contributed by atoms with Crippen LogP contribution in [0.15, 0.2) is 6.20 Å². The van der Waals surface area contributed by atoms with Gasteiger partial charge in [0.1, 0.15) is 0 Å². The van der Waals surface area contributed by atoms with Crippen LogP contribution in [0.2, 0.25) is 4.47 Å². The van der Waals surface area contributed by atoms with E-state index in [9.17, 15) is 8.42 Å². The van der Waals surface area contributed by atoms with Gasteiger partial charge in [-0.2, -0.15) is 0 Å². The van der Waals surface area contributed by atoms with Crippen LogP contribution in [0.4, 0.5) is 0 Å². The Balaban J connectivity index is 0.00000162. The van der Waals surface area contributed by atoms with Crippen molar-refractivity contribution in [3.63, 3.8) is 0 Å². The maximum absolute atomic E-state index is 12.0. The Labute approximate surface area is 122 Å². The van der Waals surface area contributed by atoms with Crippen molar-refractivity contribution in [3.05, 3.63) is 15.5 Å². The molecule has 4 nitrogen and oxygen atoms in total. The summed E-state index contributed by atoms with van der Waals surface area (Å²) in [5.74, 6) is 0.262. The highest BCUT2D eigenvalue weighted by atomic mass is 35.5. The maximum Gasteiger partial charge on any atom is 0.183 e. The summed E-state index contributed by atoms with van der Waals surface area (Å²) < 4.78 is 24.3. The fourth-order valence-corrected chi connectivity index (χ4v) is 5.07. The van der Waals surface area contributed by atoms with Gasteiger partial charge in [-0.15, -0.1) is 23.7 Å². The molecule has 1 fully saturated rings. The van der Waals surface area contributed by atoms with Crippen LogP contribution in [-0.4, -0.2) is 31.7 Å². The first kappa shape index (κ1) is 16.2. The minimum Gasteiger partial charge on any atom is -0.313 e. The second kappa shape index (κ2) is 7.05. The number of rotatable bonds is 4. The molecule has 18 heavy (non-hydrogen) atoms. The molecular weight excluding hydrogens is 315 g/mol. The summed E-state index contributed by atoms with van der Waals surface area (Å²) in [5, 5.41) is 3.25. The minimum absolute atomic E-state index is 0. The van der Waals surface area contributed by atoms with Crippen LogP contribution in [0.3, 0.4) is 0 Å². The lowest BCUT2D eigenvalue weighted by Gasteiger charge is -2.22. The number of hydrogen-bond donors (Lipinski definition) is 1. The van der Waals surface area contributed by atoms with Crippen LogP contribution in [0.25, 0.3) is 0 Å². The van der Waals surface area contributed by atoms with E-state index in [0.717, 1.165) is 25.8 Å². The van der Waals surface area contributed by atoms with E-state index in [1.807, 2.05) is 0 Å². The molecule has 1 aromatic rings. The summed E-state index contributed by atoms with van der Waals surface area (Å²) >= 11 is 6.91. The maximum atomic E-state index is 12.0. The summed E-state index contributed by atoms with van der Waals surface area (Å²) in [6.07, 6.45) is 4.74. The summed E-state index contributed by atoms with van der Waals surface area (Å²) in [4.78, 5) is 4.57. The number of hydrogen-bond acceptors (Lipinski definition) is 5. The second-order valence-corrected chi connectivity index (χ2v) is 8.09. The first-order valence-corrected chi connectivity index (χ1v) is 8.61. The lowest BCUT2D eigenvalue weighted by molar-refractivity contribution is 0.423. The molecule has 8 heteroatoms. The highest BCUT2D eigenvalue weighted by Gasteiger charge is 2.22. The van der Waals surface area contributed by atoms with E-state index < -0.39 is 9.84 Å². The number of aromatic nitrogens is 1. The van der Waals surface area contributed by atoms with Crippen molar-refractivity contribution in [3.8, 4) is 0 Å². The van der Waals surface area contributed by atoms with Crippen LogP contribution < -0.4 is 5.32 Å². The smallest absolute Gasteiger partial charge is 0.183 e. The minimum atomic E-state index is -3.07. The zero-order chi connectivity index (χ0) is 12.3. The van der Waals surface area contributed by atoms with Gasteiger partial charge >= 0.3 is 0 Å². The number of sulfone groups is 1. The summed E-state index contributed by atoms with van der Waals surface area (Å²) in [6, 6.07) is 0.108. The Hall–Kier alpha value is 0.120. The van der Waals surface area contributed by atoms with E-state index in [1.165, 1.54) is 11.3 Å². The molecule has 0 aromatic carbocycles. The van der Waals surface area contributed by atoms with Crippen molar-refractivity contribution in [1.29, 1.82) is 0 Å². The molecule has 0 saturated carbocycles. The fraction of sp³-hybridized carbons (Fsp3) is 0.700. The van der Waals surface area contributed by atoms with Crippen LogP contribution in [0, 0.1) is 0 Å².